The van der Waals surface area contributed by atoms with Gasteiger partial charge in [-0.15, -0.1) is 0 Å². The van der Waals surface area contributed by atoms with Crippen molar-refractivity contribution < 1.29 is 0 Å². The molecule has 0 unspecified atom stereocenters. The summed E-state index contributed by atoms with van der Waals surface area (Å²) in [5.74, 6) is 2.05. The number of nitrogen functional groups attached to an aromatic ring is 1. The molecule has 6 atom stereocenters. The average Bonchev–Trinajstić information content (AvgIpc) is 2.82. The zero-order chi connectivity index (χ0) is 18.2. The monoisotopic (exact) mass is 367 g/mol. The normalized spacial score (nSPS) is 39.6. The summed E-state index contributed by atoms with van der Waals surface area (Å²) in [5, 5.41) is 3.80. The summed E-state index contributed by atoms with van der Waals surface area (Å²) in [5.41, 5.74) is 8.22. The van der Waals surface area contributed by atoms with Crippen LogP contribution in [0.15, 0.2) is 24.3 Å². The second-order valence-electron chi connectivity index (χ2n) is 9.96. The molecule has 0 spiro atoms. The molecule has 0 amide bonds. The largest absolute Gasteiger partial charge is 0.397 e. The molecule has 2 aliphatic heterocycles. The number of hydrogen-bond acceptors (Lipinski definition) is 3. The molecule has 1 aromatic rings. The highest BCUT2D eigenvalue weighted by molar-refractivity contribution is 5.66. The molecule has 0 radical (unpaired) electrons. The molecule has 0 aromatic heterocycles. The Kier molecular flexibility index (Phi) is 5.06. The van der Waals surface area contributed by atoms with Gasteiger partial charge in [-0.05, 0) is 68.9 Å². The number of anilines is 2. The molecule has 2 heterocycles. The fraction of sp³-hybridized carbons (Fsp3) is 0.750. The quantitative estimate of drug-likeness (QED) is 0.700. The fourth-order valence-corrected chi connectivity index (χ4v) is 7.09. The molecule has 2 aliphatic carbocycles. The van der Waals surface area contributed by atoms with Crippen LogP contribution >= 0.6 is 0 Å². The summed E-state index contributed by atoms with van der Waals surface area (Å²) in [4.78, 5) is 3.04. The van der Waals surface area contributed by atoms with Crippen molar-refractivity contribution in [2.45, 2.75) is 101 Å². The number of fused-ring (bicyclic) bond motifs is 4. The standard InChI is InChI=1S/C24H37N3/c25-23-10-3-4-11-24(23)26-19-15-20-8-5-9-21(16-19)27(20)22-13-17-6-1-2-7-18(12-17)14-22/h3-4,10-11,17-22,26H,1-2,5-9,12-16,25H2/t17-,18+,19-,20-,21+,22+. The van der Waals surface area contributed by atoms with Crippen LogP contribution in [0.3, 0.4) is 0 Å². The van der Waals surface area contributed by atoms with Crippen molar-refractivity contribution in [1.82, 2.24) is 4.90 Å². The summed E-state index contributed by atoms with van der Waals surface area (Å²) in [6.45, 7) is 0. The Morgan fingerprint density at radius 3 is 2.07 bits per heavy atom. The lowest BCUT2D eigenvalue weighted by molar-refractivity contribution is -0.0307. The summed E-state index contributed by atoms with van der Waals surface area (Å²) >= 11 is 0. The van der Waals surface area contributed by atoms with Gasteiger partial charge in [0, 0.05) is 24.2 Å². The van der Waals surface area contributed by atoms with Gasteiger partial charge in [0.1, 0.15) is 0 Å². The van der Waals surface area contributed by atoms with Gasteiger partial charge >= 0.3 is 0 Å². The van der Waals surface area contributed by atoms with E-state index in [4.69, 9.17) is 5.73 Å². The van der Waals surface area contributed by atoms with E-state index < -0.39 is 0 Å². The zero-order valence-corrected chi connectivity index (χ0v) is 16.8. The Hall–Kier alpha value is -1.22. The molecule has 148 valence electrons. The molecule has 4 fully saturated rings. The Balaban J connectivity index is 1.29. The van der Waals surface area contributed by atoms with Gasteiger partial charge in [0.05, 0.1) is 11.4 Å². The molecule has 3 N–H and O–H groups in total. The fourth-order valence-electron chi connectivity index (χ4n) is 7.09. The minimum absolute atomic E-state index is 0.590. The first kappa shape index (κ1) is 17.8. The number of benzene rings is 1. The van der Waals surface area contributed by atoms with Crippen LogP contribution in [-0.2, 0) is 0 Å². The van der Waals surface area contributed by atoms with E-state index in [9.17, 15) is 0 Å². The van der Waals surface area contributed by atoms with E-state index in [0.29, 0.717) is 6.04 Å². The summed E-state index contributed by atoms with van der Waals surface area (Å²) in [6, 6.07) is 11.3. The van der Waals surface area contributed by atoms with Gasteiger partial charge in [0.15, 0.2) is 0 Å². The average molecular weight is 368 g/mol. The highest BCUT2D eigenvalue weighted by Crippen LogP contribution is 2.45. The SMILES string of the molecule is Nc1ccccc1N[C@@H]1C[C@H]2CCC[C@@H](C1)N2[C@H]1C[C@@H]2CCCC[C@@H](C2)C1. The van der Waals surface area contributed by atoms with Gasteiger partial charge in [-0.1, -0.05) is 44.2 Å². The van der Waals surface area contributed by atoms with Gasteiger partial charge in [-0.2, -0.15) is 0 Å². The number of rotatable bonds is 3. The van der Waals surface area contributed by atoms with Crippen LogP contribution in [0.25, 0.3) is 0 Å². The van der Waals surface area contributed by atoms with Gasteiger partial charge in [0.25, 0.3) is 0 Å². The van der Waals surface area contributed by atoms with Crippen molar-refractivity contribution >= 4 is 11.4 Å². The van der Waals surface area contributed by atoms with Crippen molar-refractivity contribution in [2.24, 2.45) is 11.8 Å². The van der Waals surface area contributed by atoms with E-state index in [0.717, 1.165) is 41.3 Å². The van der Waals surface area contributed by atoms with Crippen LogP contribution in [-0.4, -0.2) is 29.1 Å². The molecule has 2 saturated heterocycles. The Bertz CT molecular complexity index is 616. The van der Waals surface area contributed by atoms with Crippen molar-refractivity contribution in [2.75, 3.05) is 11.1 Å². The van der Waals surface area contributed by atoms with Crippen LogP contribution in [0.5, 0.6) is 0 Å². The molecular weight excluding hydrogens is 330 g/mol. The third-order valence-corrected chi connectivity index (χ3v) is 8.13. The molecule has 2 saturated carbocycles. The van der Waals surface area contributed by atoms with Gasteiger partial charge in [-0.3, -0.25) is 4.90 Å². The Morgan fingerprint density at radius 1 is 0.741 bits per heavy atom. The zero-order valence-electron chi connectivity index (χ0n) is 16.8. The number of para-hydroxylation sites is 2. The van der Waals surface area contributed by atoms with Crippen molar-refractivity contribution in [1.29, 1.82) is 0 Å². The van der Waals surface area contributed by atoms with Crippen molar-refractivity contribution in [3.8, 4) is 0 Å². The highest BCUT2D eigenvalue weighted by atomic mass is 15.2. The molecule has 27 heavy (non-hydrogen) atoms. The molecule has 4 aliphatic rings. The molecule has 3 nitrogen and oxygen atoms in total. The first-order valence-electron chi connectivity index (χ1n) is 11.6. The molecular formula is C24H37N3. The molecule has 4 bridgehead atoms. The lowest BCUT2D eigenvalue weighted by Gasteiger charge is -2.54. The lowest BCUT2D eigenvalue weighted by atomic mass is 9.73. The molecule has 1 aromatic carbocycles. The third kappa shape index (κ3) is 3.72. The number of nitrogens with one attached hydrogen (secondary N) is 1. The van der Waals surface area contributed by atoms with E-state index in [-0.39, 0.29) is 0 Å². The van der Waals surface area contributed by atoms with E-state index in [2.05, 4.69) is 22.3 Å². The van der Waals surface area contributed by atoms with E-state index >= 15 is 0 Å². The number of piperidine rings is 2. The van der Waals surface area contributed by atoms with Crippen LogP contribution in [0.1, 0.15) is 77.0 Å². The smallest absolute Gasteiger partial charge is 0.0576 e. The lowest BCUT2D eigenvalue weighted by Crippen LogP contribution is -2.59. The van der Waals surface area contributed by atoms with E-state index in [1.807, 2.05) is 12.1 Å². The summed E-state index contributed by atoms with van der Waals surface area (Å²) < 4.78 is 0. The van der Waals surface area contributed by atoms with E-state index in [1.54, 1.807) is 0 Å². The topological polar surface area (TPSA) is 41.3 Å². The third-order valence-electron chi connectivity index (χ3n) is 8.13. The van der Waals surface area contributed by atoms with Crippen LogP contribution in [0.2, 0.25) is 0 Å². The van der Waals surface area contributed by atoms with Gasteiger partial charge in [0.2, 0.25) is 0 Å². The maximum Gasteiger partial charge on any atom is 0.0576 e. The maximum absolute atomic E-state index is 6.19. The first-order valence-corrected chi connectivity index (χ1v) is 11.6. The van der Waals surface area contributed by atoms with Gasteiger partial charge < -0.3 is 11.1 Å². The van der Waals surface area contributed by atoms with Gasteiger partial charge in [-0.25, -0.2) is 0 Å². The Labute approximate surface area is 165 Å². The molecule has 5 rings (SSSR count). The van der Waals surface area contributed by atoms with Crippen LogP contribution in [0.4, 0.5) is 11.4 Å². The van der Waals surface area contributed by atoms with Crippen molar-refractivity contribution in [3.63, 3.8) is 0 Å². The number of hydrogen-bond donors (Lipinski definition) is 2. The van der Waals surface area contributed by atoms with Crippen molar-refractivity contribution in [3.05, 3.63) is 24.3 Å². The first-order chi connectivity index (χ1) is 13.3. The minimum atomic E-state index is 0.590. The maximum atomic E-state index is 6.19. The predicted molar refractivity (Wildman–Crippen MR) is 114 cm³/mol. The predicted octanol–water partition coefficient (Wildman–Crippen LogP) is 5.43. The summed E-state index contributed by atoms with van der Waals surface area (Å²) in [7, 11) is 0. The second-order valence-corrected chi connectivity index (χ2v) is 9.96. The Morgan fingerprint density at radius 2 is 1.41 bits per heavy atom. The number of nitrogens with two attached hydrogens (primary N) is 1. The van der Waals surface area contributed by atoms with Crippen LogP contribution in [0, 0.1) is 11.8 Å². The van der Waals surface area contributed by atoms with E-state index in [1.165, 1.54) is 77.0 Å². The van der Waals surface area contributed by atoms with Crippen LogP contribution < -0.4 is 11.1 Å². The second kappa shape index (κ2) is 7.66. The summed E-state index contributed by atoms with van der Waals surface area (Å²) in [6.07, 6.45) is 17.4. The highest BCUT2D eigenvalue weighted by Gasteiger charge is 2.44. The minimum Gasteiger partial charge on any atom is -0.397 e. The molecule has 3 heteroatoms. The number of nitrogens with zero attached hydrogens (tertiary/aromatic N) is 1.